The van der Waals surface area contributed by atoms with Crippen molar-refractivity contribution in [1.29, 1.82) is 0 Å². The Morgan fingerprint density at radius 1 is 0.903 bits per heavy atom. The van der Waals surface area contributed by atoms with Crippen LogP contribution in [0.15, 0.2) is 83.7 Å². The second kappa shape index (κ2) is 8.77. The van der Waals surface area contributed by atoms with Crippen molar-refractivity contribution in [1.82, 2.24) is 4.98 Å². The first-order valence-electron chi connectivity index (χ1n) is 9.72. The van der Waals surface area contributed by atoms with Gasteiger partial charge in [-0.15, -0.1) is 0 Å². The fourth-order valence-corrected chi connectivity index (χ4v) is 3.51. The molecule has 3 aromatic carbocycles. The molecular weight excluding hydrogens is 392 g/mol. The van der Waals surface area contributed by atoms with Crippen LogP contribution >= 0.6 is 0 Å². The highest BCUT2D eigenvalue weighted by molar-refractivity contribution is 6.17. The summed E-state index contributed by atoms with van der Waals surface area (Å²) in [5.41, 5.74) is 2.72. The number of hydrogen-bond donors (Lipinski definition) is 2. The van der Waals surface area contributed by atoms with E-state index in [1.807, 2.05) is 12.1 Å². The third-order valence-corrected chi connectivity index (χ3v) is 4.94. The Morgan fingerprint density at radius 2 is 1.61 bits per heavy atom. The van der Waals surface area contributed by atoms with Gasteiger partial charge in [0, 0.05) is 35.4 Å². The molecule has 0 fully saturated rings. The standard InChI is InChI=1S/C25H20N2O4/c1-31-15-17-13-23(28)27-22-14-18(11-12-19(17)22)26-25(30)21-10-6-5-9-20(21)24(29)16-7-3-2-4-8-16/h2-14H,15H2,1H3,(H,26,30)(H,27,28). The van der Waals surface area contributed by atoms with Gasteiger partial charge in [0.15, 0.2) is 5.78 Å². The van der Waals surface area contributed by atoms with E-state index >= 15 is 0 Å². The molecule has 6 nitrogen and oxygen atoms in total. The molecule has 0 aliphatic rings. The number of anilines is 1. The van der Waals surface area contributed by atoms with Crippen LogP contribution in [-0.4, -0.2) is 23.8 Å². The number of ketones is 1. The Hall–Kier alpha value is -4.03. The van der Waals surface area contributed by atoms with E-state index in [0.29, 0.717) is 28.9 Å². The van der Waals surface area contributed by atoms with Crippen LogP contribution in [0, 0.1) is 0 Å². The van der Waals surface area contributed by atoms with Crippen LogP contribution in [0.5, 0.6) is 0 Å². The molecule has 4 rings (SSSR count). The molecule has 1 aromatic heterocycles. The number of amides is 1. The van der Waals surface area contributed by atoms with Gasteiger partial charge in [0.05, 0.1) is 17.7 Å². The minimum absolute atomic E-state index is 0.224. The van der Waals surface area contributed by atoms with Crippen molar-refractivity contribution in [3.05, 3.63) is 111 Å². The quantitative estimate of drug-likeness (QED) is 0.466. The monoisotopic (exact) mass is 412 g/mol. The van der Waals surface area contributed by atoms with Crippen molar-refractivity contribution in [2.45, 2.75) is 6.61 Å². The van der Waals surface area contributed by atoms with Crippen molar-refractivity contribution < 1.29 is 14.3 Å². The predicted octanol–water partition coefficient (Wildman–Crippen LogP) is 4.16. The van der Waals surface area contributed by atoms with E-state index in [-0.39, 0.29) is 16.9 Å². The number of hydrogen-bond acceptors (Lipinski definition) is 4. The van der Waals surface area contributed by atoms with Gasteiger partial charge in [-0.25, -0.2) is 0 Å². The van der Waals surface area contributed by atoms with Gasteiger partial charge in [-0.3, -0.25) is 14.4 Å². The number of H-pyrrole nitrogens is 1. The van der Waals surface area contributed by atoms with Gasteiger partial charge in [-0.1, -0.05) is 54.6 Å². The van der Waals surface area contributed by atoms with Gasteiger partial charge in [0.1, 0.15) is 0 Å². The molecule has 154 valence electrons. The molecule has 1 heterocycles. The SMILES string of the molecule is COCc1cc(=O)[nH]c2cc(NC(=O)c3ccccc3C(=O)c3ccccc3)ccc12. The minimum atomic E-state index is -0.408. The lowest BCUT2D eigenvalue weighted by Crippen LogP contribution is -2.17. The zero-order valence-corrected chi connectivity index (χ0v) is 16.8. The molecule has 0 spiro atoms. The summed E-state index contributed by atoms with van der Waals surface area (Å²) in [5.74, 6) is -0.631. The van der Waals surface area contributed by atoms with E-state index in [0.717, 1.165) is 10.9 Å². The predicted molar refractivity (Wildman–Crippen MR) is 120 cm³/mol. The maximum absolute atomic E-state index is 13.0. The molecule has 6 heteroatoms. The smallest absolute Gasteiger partial charge is 0.256 e. The molecule has 0 aliphatic carbocycles. The summed E-state index contributed by atoms with van der Waals surface area (Å²) in [5, 5.41) is 3.66. The highest BCUT2D eigenvalue weighted by Crippen LogP contribution is 2.22. The van der Waals surface area contributed by atoms with Gasteiger partial charge < -0.3 is 15.0 Å². The Balaban J connectivity index is 1.66. The lowest BCUT2D eigenvalue weighted by Gasteiger charge is -2.11. The van der Waals surface area contributed by atoms with E-state index in [4.69, 9.17) is 4.74 Å². The third-order valence-electron chi connectivity index (χ3n) is 4.94. The molecule has 0 atom stereocenters. The molecular formula is C25H20N2O4. The average molecular weight is 412 g/mol. The van der Waals surface area contributed by atoms with Crippen LogP contribution in [0.4, 0.5) is 5.69 Å². The van der Waals surface area contributed by atoms with E-state index in [1.165, 1.54) is 6.07 Å². The summed E-state index contributed by atoms with van der Waals surface area (Å²) >= 11 is 0. The van der Waals surface area contributed by atoms with Crippen molar-refractivity contribution in [2.24, 2.45) is 0 Å². The van der Waals surface area contributed by atoms with E-state index in [1.54, 1.807) is 67.8 Å². The van der Waals surface area contributed by atoms with Crippen molar-refractivity contribution >= 4 is 28.3 Å². The Labute approximate surface area is 178 Å². The maximum atomic E-state index is 13.0. The number of pyridine rings is 1. The summed E-state index contributed by atoms with van der Waals surface area (Å²) in [6.07, 6.45) is 0. The van der Waals surface area contributed by atoms with Crippen LogP contribution in [0.1, 0.15) is 31.8 Å². The molecule has 0 saturated heterocycles. The summed E-state index contributed by atoms with van der Waals surface area (Å²) in [4.78, 5) is 40.6. The number of nitrogens with one attached hydrogen (secondary N) is 2. The number of aromatic nitrogens is 1. The van der Waals surface area contributed by atoms with Crippen LogP contribution in [-0.2, 0) is 11.3 Å². The van der Waals surface area contributed by atoms with Gasteiger partial charge in [0.2, 0.25) is 5.56 Å². The number of fused-ring (bicyclic) bond motifs is 1. The number of carbonyl (C=O) groups excluding carboxylic acids is 2. The highest BCUT2D eigenvalue weighted by Gasteiger charge is 2.18. The fourth-order valence-electron chi connectivity index (χ4n) is 3.51. The third kappa shape index (κ3) is 4.29. The second-order valence-electron chi connectivity index (χ2n) is 7.05. The topological polar surface area (TPSA) is 88.3 Å². The van der Waals surface area contributed by atoms with Crippen LogP contribution in [0.2, 0.25) is 0 Å². The molecule has 0 saturated carbocycles. The Morgan fingerprint density at radius 3 is 2.35 bits per heavy atom. The Bertz CT molecular complexity index is 1330. The van der Waals surface area contributed by atoms with Gasteiger partial charge in [-0.2, -0.15) is 0 Å². The van der Waals surface area contributed by atoms with Gasteiger partial charge in [-0.05, 0) is 23.8 Å². The summed E-state index contributed by atoms with van der Waals surface area (Å²) in [6, 6.07) is 22.3. The number of benzene rings is 3. The lowest BCUT2D eigenvalue weighted by atomic mass is 9.98. The van der Waals surface area contributed by atoms with Crippen molar-refractivity contribution in [2.75, 3.05) is 12.4 Å². The van der Waals surface area contributed by atoms with Crippen molar-refractivity contribution in [3.8, 4) is 0 Å². The first kappa shape index (κ1) is 20.3. The number of carbonyl (C=O) groups is 2. The summed E-state index contributed by atoms with van der Waals surface area (Å²) in [6.45, 7) is 0.307. The van der Waals surface area contributed by atoms with E-state index in [9.17, 15) is 14.4 Å². The first-order chi connectivity index (χ1) is 15.1. The zero-order valence-electron chi connectivity index (χ0n) is 16.8. The number of methoxy groups -OCH3 is 1. The molecule has 0 unspecified atom stereocenters. The highest BCUT2D eigenvalue weighted by atomic mass is 16.5. The van der Waals surface area contributed by atoms with Crippen LogP contribution in [0.3, 0.4) is 0 Å². The molecule has 0 radical (unpaired) electrons. The number of aromatic amines is 1. The largest absolute Gasteiger partial charge is 0.380 e. The Kier molecular flexibility index (Phi) is 5.73. The molecule has 1 amide bonds. The average Bonchev–Trinajstić information content (AvgIpc) is 2.79. The number of ether oxygens (including phenoxy) is 1. The zero-order chi connectivity index (χ0) is 21.8. The summed E-state index contributed by atoms with van der Waals surface area (Å²) in [7, 11) is 1.57. The molecule has 0 bridgehead atoms. The summed E-state index contributed by atoms with van der Waals surface area (Å²) < 4.78 is 5.16. The van der Waals surface area contributed by atoms with Crippen LogP contribution in [0.25, 0.3) is 10.9 Å². The fraction of sp³-hybridized carbons (Fsp3) is 0.0800. The molecule has 4 aromatic rings. The first-order valence-corrected chi connectivity index (χ1v) is 9.72. The minimum Gasteiger partial charge on any atom is -0.380 e. The van der Waals surface area contributed by atoms with Crippen LogP contribution < -0.4 is 10.9 Å². The molecule has 2 N–H and O–H groups in total. The number of rotatable bonds is 6. The maximum Gasteiger partial charge on any atom is 0.256 e. The van der Waals surface area contributed by atoms with Gasteiger partial charge in [0.25, 0.3) is 5.91 Å². The lowest BCUT2D eigenvalue weighted by molar-refractivity contribution is 0.0996. The van der Waals surface area contributed by atoms with E-state index in [2.05, 4.69) is 10.3 Å². The van der Waals surface area contributed by atoms with E-state index < -0.39 is 5.91 Å². The molecule has 0 aliphatic heterocycles. The normalized spacial score (nSPS) is 10.7. The second-order valence-corrected chi connectivity index (χ2v) is 7.05. The van der Waals surface area contributed by atoms with Gasteiger partial charge >= 0.3 is 0 Å². The van der Waals surface area contributed by atoms with Crippen molar-refractivity contribution in [3.63, 3.8) is 0 Å². The molecule has 31 heavy (non-hydrogen) atoms.